The van der Waals surface area contributed by atoms with Crippen molar-refractivity contribution in [2.24, 2.45) is 0 Å². The molecule has 0 amide bonds. The molecule has 19 heavy (non-hydrogen) atoms. The zero-order valence-corrected chi connectivity index (χ0v) is 12.3. The number of halogens is 2. The summed E-state index contributed by atoms with van der Waals surface area (Å²) < 4.78 is 26.4. The third-order valence-electron chi connectivity index (χ3n) is 2.92. The van der Waals surface area contributed by atoms with Crippen molar-refractivity contribution in [3.8, 4) is 0 Å². The van der Waals surface area contributed by atoms with Gasteiger partial charge in [0.05, 0.1) is 11.0 Å². The summed E-state index contributed by atoms with van der Waals surface area (Å²) in [6, 6.07) is 4.60. The highest BCUT2D eigenvalue weighted by molar-refractivity contribution is 7.84. The number of fused-ring (bicyclic) bond motifs is 1. The monoisotopic (exact) mass is 302 g/mol. The van der Waals surface area contributed by atoms with E-state index >= 15 is 0 Å². The Labute approximate surface area is 119 Å². The average Bonchev–Trinajstić information content (AvgIpc) is 2.66. The summed E-state index contributed by atoms with van der Waals surface area (Å²) in [4.78, 5) is 4.42. The van der Waals surface area contributed by atoms with Crippen LogP contribution >= 0.6 is 11.6 Å². The van der Waals surface area contributed by atoms with Gasteiger partial charge in [0.2, 0.25) is 0 Å². The lowest BCUT2D eigenvalue weighted by Gasteiger charge is -2.07. The minimum Gasteiger partial charge on any atom is -0.328 e. The van der Waals surface area contributed by atoms with Crippen LogP contribution in [0.3, 0.4) is 0 Å². The van der Waals surface area contributed by atoms with Crippen LogP contribution in [0.2, 0.25) is 0 Å². The first kappa shape index (κ1) is 14.5. The molecule has 1 aromatic carbocycles. The second-order valence-electron chi connectivity index (χ2n) is 4.38. The van der Waals surface area contributed by atoms with E-state index in [9.17, 15) is 8.60 Å². The van der Waals surface area contributed by atoms with Crippen molar-refractivity contribution in [3.05, 3.63) is 29.8 Å². The Balaban J connectivity index is 2.31. The summed E-state index contributed by atoms with van der Waals surface area (Å²) in [6.07, 6.45) is 3.15. The Kier molecular flexibility index (Phi) is 4.93. The fraction of sp³-hybridized carbons (Fsp3) is 0.462. The first-order valence-electron chi connectivity index (χ1n) is 6.12. The van der Waals surface area contributed by atoms with Crippen molar-refractivity contribution in [1.29, 1.82) is 0 Å². The van der Waals surface area contributed by atoms with E-state index in [4.69, 9.17) is 11.6 Å². The molecule has 1 aromatic heterocycles. The lowest BCUT2D eigenvalue weighted by molar-refractivity contribution is 0.629. The molecule has 0 bridgehead atoms. The number of aryl methyl sites for hydroxylation is 2. The maximum Gasteiger partial charge on any atom is 0.125 e. The molecule has 0 aliphatic rings. The molecule has 0 N–H and O–H groups in total. The van der Waals surface area contributed by atoms with Gasteiger partial charge in [-0.2, -0.15) is 0 Å². The van der Waals surface area contributed by atoms with Crippen molar-refractivity contribution in [2.75, 3.05) is 17.9 Å². The Morgan fingerprint density at radius 2 is 2.26 bits per heavy atom. The van der Waals surface area contributed by atoms with E-state index in [0.717, 1.165) is 24.3 Å². The van der Waals surface area contributed by atoms with Gasteiger partial charge in [0.15, 0.2) is 0 Å². The number of hydrogen-bond donors (Lipinski definition) is 0. The molecule has 1 unspecified atom stereocenters. The zero-order valence-electron chi connectivity index (χ0n) is 10.7. The summed E-state index contributed by atoms with van der Waals surface area (Å²) in [5, 5.41) is 0. The van der Waals surface area contributed by atoms with E-state index in [0.29, 0.717) is 23.6 Å². The van der Waals surface area contributed by atoms with Crippen LogP contribution in [0.25, 0.3) is 11.0 Å². The van der Waals surface area contributed by atoms with Crippen molar-refractivity contribution >= 4 is 33.4 Å². The number of rotatable bonds is 6. The van der Waals surface area contributed by atoms with E-state index in [-0.39, 0.29) is 5.82 Å². The van der Waals surface area contributed by atoms with Crippen LogP contribution in [0.1, 0.15) is 12.2 Å². The molecule has 3 nitrogen and oxygen atoms in total. The predicted octanol–water partition coefficient (Wildman–Crippen LogP) is 2.73. The normalized spacial score (nSPS) is 13.0. The molecule has 0 aliphatic carbocycles. The highest BCUT2D eigenvalue weighted by Gasteiger charge is 2.11. The van der Waals surface area contributed by atoms with Crippen LogP contribution in [-0.2, 0) is 23.8 Å². The van der Waals surface area contributed by atoms with E-state index in [1.165, 1.54) is 12.1 Å². The second kappa shape index (κ2) is 6.48. The Hall–Kier alpha value is -0.940. The van der Waals surface area contributed by atoms with Gasteiger partial charge in [-0.15, -0.1) is 11.6 Å². The Morgan fingerprint density at radius 1 is 1.47 bits per heavy atom. The second-order valence-corrected chi connectivity index (χ2v) is 6.32. The fourth-order valence-corrected chi connectivity index (χ4v) is 2.81. The summed E-state index contributed by atoms with van der Waals surface area (Å²) >= 11 is 5.78. The number of nitrogens with zero attached hydrogens (tertiary/aromatic N) is 2. The molecule has 2 aromatic rings. The quantitative estimate of drug-likeness (QED) is 0.769. The fourth-order valence-electron chi connectivity index (χ4n) is 2.10. The minimum atomic E-state index is -0.795. The van der Waals surface area contributed by atoms with E-state index < -0.39 is 10.8 Å². The van der Waals surface area contributed by atoms with Crippen LogP contribution in [0.4, 0.5) is 4.39 Å². The first-order chi connectivity index (χ1) is 9.11. The van der Waals surface area contributed by atoms with E-state index in [1.54, 1.807) is 12.3 Å². The molecule has 0 saturated carbocycles. The molecule has 2 rings (SSSR count). The van der Waals surface area contributed by atoms with Gasteiger partial charge in [0.25, 0.3) is 0 Å². The SMILES string of the molecule is CS(=O)CCCn1c(CCCl)nc2cc(F)ccc21. The smallest absolute Gasteiger partial charge is 0.125 e. The third kappa shape index (κ3) is 3.54. The molecular weight excluding hydrogens is 287 g/mol. The summed E-state index contributed by atoms with van der Waals surface area (Å²) in [6.45, 7) is 0.730. The summed E-state index contributed by atoms with van der Waals surface area (Å²) in [7, 11) is -0.795. The van der Waals surface area contributed by atoms with E-state index in [1.807, 2.05) is 4.57 Å². The highest BCUT2D eigenvalue weighted by atomic mass is 35.5. The minimum absolute atomic E-state index is 0.288. The van der Waals surface area contributed by atoms with Gasteiger partial charge in [-0.1, -0.05) is 0 Å². The molecule has 0 saturated heterocycles. The van der Waals surface area contributed by atoms with Crippen LogP contribution in [0.15, 0.2) is 18.2 Å². The molecule has 1 atom stereocenters. The van der Waals surface area contributed by atoms with Crippen LogP contribution in [0, 0.1) is 5.82 Å². The molecule has 1 heterocycles. The van der Waals surface area contributed by atoms with Crippen LogP contribution in [0.5, 0.6) is 0 Å². The molecule has 0 radical (unpaired) electrons. The molecular formula is C13H16ClFN2OS. The van der Waals surface area contributed by atoms with Gasteiger partial charge in [-0.05, 0) is 18.6 Å². The highest BCUT2D eigenvalue weighted by Crippen LogP contribution is 2.18. The third-order valence-corrected chi connectivity index (χ3v) is 3.97. The van der Waals surface area contributed by atoms with Gasteiger partial charge in [0.1, 0.15) is 11.6 Å². The van der Waals surface area contributed by atoms with Gasteiger partial charge in [0, 0.05) is 47.7 Å². The number of alkyl halides is 1. The lowest BCUT2D eigenvalue weighted by Crippen LogP contribution is -2.07. The zero-order chi connectivity index (χ0) is 13.8. The summed E-state index contributed by atoms with van der Waals surface area (Å²) in [5.41, 5.74) is 1.56. The largest absolute Gasteiger partial charge is 0.328 e. The maximum atomic E-state index is 13.2. The molecule has 0 aliphatic heterocycles. The predicted molar refractivity (Wildman–Crippen MR) is 77.7 cm³/mol. The molecule has 104 valence electrons. The maximum absolute atomic E-state index is 13.2. The number of hydrogen-bond acceptors (Lipinski definition) is 2. The van der Waals surface area contributed by atoms with Crippen LogP contribution in [-0.4, -0.2) is 31.6 Å². The van der Waals surface area contributed by atoms with E-state index in [2.05, 4.69) is 4.98 Å². The van der Waals surface area contributed by atoms with Gasteiger partial charge < -0.3 is 4.57 Å². The first-order valence-corrected chi connectivity index (χ1v) is 8.38. The number of imidazole rings is 1. The van der Waals surface area contributed by atoms with Crippen molar-refractivity contribution in [2.45, 2.75) is 19.4 Å². The number of benzene rings is 1. The van der Waals surface area contributed by atoms with Gasteiger partial charge in [-0.3, -0.25) is 4.21 Å². The Morgan fingerprint density at radius 3 is 2.95 bits per heavy atom. The summed E-state index contributed by atoms with van der Waals surface area (Å²) in [5.74, 6) is 1.70. The van der Waals surface area contributed by atoms with Gasteiger partial charge >= 0.3 is 0 Å². The Bertz CT molecular complexity index is 600. The van der Waals surface area contributed by atoms with Crippen molar-refractivity contribution in [3.63, 3.8) is 0 Å². The average molecular weight is 303 g/mol. The van der Waals surface area contributed by atoms with Gasteiger partial charge in [-0.25, -0.2) is 9.37 Å². The van der Waals surface area contributed by atoms with Crippen molar-refractivity contribution in [1.82, 2.24) is 9.55 Å². The topological polar surface area (TPSA) is 34.9 Å². The molecule has 6 heteroatoms. The molecule has 0 fully saturated rings. The van der Waals surface area contributed by atoms with Crippen LogP contribution < -0.4 is 0 Å². The number of aromatic nitrogens is 2. The molecule has 0 spiro atoms. The van der Waals surface area contributed by atoms with Crippen molar-refractivity contribution < 1.29 is 8.60 Å². The lowest BCUT2D eigenvalue weighted by atomic mass is 10.3. The standard InChI is InChI=1S/C13H16ClFN2OS/c1-19(18)8-2-7-17-12-4-3-10(15)9-11(12)16-13(17)5-6-14/h3-4,9H,2,5-8H2,1H3.